The number of nitrogens with zero attached hydrogens (tertiary/aromatic N) is 5. The van der Waals surface area contributed by atoms with Crippen LogP contribution in [0.3, 0.4) is 0 Å². The normalized spacial score (nSPS) is 25.8. The Bertz CT molecular complexity index is 1590. The van der Waals surface area contributed by atoms with E-state index < -0.39 is 23.3 Å². The molecule has 4 fully saturated rings. The van der Waals surface area contributed by atoms with Crippen molar-refractivity contribution in [2.24, 2.45) is 5.92 Å². The number of hydrogen-bond donors (Lipinski definition) is 2. The van der Waals surface area contributed by atoms with E-state index in [1.54, 1.807) is 21.1 Å². The van der Waals surface area contributed by atoms with E-state index in [1.807, 2.05) is 15.7 Å². The predicted molar refractivity (Wildman–Crippen MR) is 190 cm³/mol. The molecule has 2 aromatic rings. The topological polar surface area (TPSA) is 105 Å². The molecule has 4 saturated heterocycles. The molecular formula is C35H45BrF3N7O3S. The number of piperidine rings is 2. The summed E-state index contributed by atoms with van der Waals surface area (Å²) in [7, 11) is 2.22. The van der Waals surface area contributed by atoms with Crippen molar-refractivity contribution in [3.05, 3.63) is 44.1 Å². The van der Waals surface area contributed by atoms with E-state index in [2.05, 4.69) is 38.1 Å². The van der Waals surface area contributed by atoms with Crippen LogP contribution in [0.25, 0.3) is 0 Å². The van der Waals surface area contributed by atoms with Gasteiger partial charge in [0, 0.05) is 85.3 Å². The van der Waals surface area contributed by atoms with Gasteiger partial charge in [-0.05, 0) is 91.0 Å². The summed E-state index contributed by atoms with van der Waals surface area (Å²) in [6, 6.07) is 4.10. The Labute approximate surface area is 303 Å². The highest BCUT2D eigenvalue weighted by Crippen LogP contribution is 2.39. The average molecular weight is 781 g/mol. The lowest BCUT2D eigenvalue weighted by atomic mass is 9.91. The minimum Gasteiger partial charge on any atom is -0.397 e. The second-order valence-corrected chi connectivity index (χ2v) is 16.3. The number of nitrogen functional groups attached to an aromatic ring is 1. The van der Waals surface area contributed by atoms with Crippen molar-refractivity contribution in [1.82, 2.24) is 24.5 Å². The lowest BCUT2D eigenvalue weighted by Crippen LogP contribution is -2.56. The monoisotopic (exact) mass is 779 g/mol. The fraction of sp³-hybridized carbons (Fsp3) is 0.629. The summed E-state index contributed by atoms with van der Waals surface area (Å²) in [5, 5.41) is 6.91. The van der Waals surface area contributed by atoms with Crippen molar-refractivity contribution in [3.63, 3.8) is 0 Å². The van der Waals surface area contributed by atoms with E-state index in [0.717, 1.165) is 43.2 Å². The van der Waals surface area contributed by atoms with Gasteiger partial charge >= 0.3 is 12.2 Å². The molecule has 0 saturated carbocycles. The van der Waals surface area contributed by atoms with E-state index in [1.165, 1.54) is 18.9 Å². The summed E-state index contributed by atoms with van der Waals surface area (Å²) >= 11 is 4.73. The number of anilines is 2. The molecule has 10 nitrogen and oxygen atoms in total. The standard InChI is InChI=1S/C35H45BrF3N7O3S/c1-42-25-2-3-26(42)17-27(16-25)43-8-10-45(11-9-43)33(48)22(12-21-13-28(35(37,38)39)32(40)29(36)14-21)15-31(47)44-6-4-24(5-7-44)46-18-23-19-50-20-30(23)41-34(46)49/h13-14,19-20,22,24-27H,2-12,15-18,40H2,1H3,(H,41,49)/t22-,25?,26?,27?/m0/s1. The van der Waals surface area contributed by atoms with Gasteiger partial charge in [-0.25, -0.2) is 4.79 Å². The number of hydrogen-bond acceptors (Lipinski definition) is 7. The van der Waals surface area contributed by atoms with Gasteiger partial charge in [-0.1, -0.05) is 0 Å². The molecule has 15 heteroatoms. The Morgan fingerprint density at radius 2 is 1.64 bits per heavy atom. The molecule has 2 bridgehead atoms. The number of nitrogens with two attached hydrogens (primary N) is 1. The van der Waals surface area contributed by atoms with E-state index >= 15 is 0 Å². The average Bonchev–Trinajstić information content (AvgIpc) is 3.61. The number of piperazine rings is 1. The number of benzene rings is 1. The third-order valence-electron chi connectivity index (χ3n) is 11.8. The van der Waals surface area contributed by atoms with Crippen molar-refractivity contribution in [3.8, 4) is 0 Å². The van der Waals surface area contributed by atoms with Crippen LogP contribution in [0.15, 0.2) is 27.4 Å². The number of urea groups is 1. The zero-order valence-corrected chi connectivity index (χ0v) is 30.7. The fourth-order valence-corrected chi connectivity index (χ4v) is 10.2. The minimum absolute atomic E-state index is 0.0154. The van der Waals surface area contributed by atoms with E-state index in [9.17, 15) is 27.6 Å². The van der Waals surface area contributed by atoms with Crippen molar-refractivity contribution in [2.45, 2.75) is 88.3 Å². The maximum Gasteiger partial charge on any atom is 0.418 e. The van der Waals surface area contributed by atoms with Crippen molar-refractivity contribution >= 4 is 56.5 Å². The molecule has 3 atom stereocenters. The number of fused-ring (bicyclic) bond motifs is 3. The smallest absolute Gasteiger partial charge is 0.397 e. The summed E-state index contributed by atoms with van der Waals surface area (Å²) < 4.78 is 41.8. The Morgan fingerprint density at radius 1 is 0.960 bits per heavy atom. The molecular weight excluding hydrogens is 735 g/mol. The molecule has 2 unspecified atom stereocenters. The molecule has 0 aliphatic carbocycles. The van der Waals surface area contributed by atoms with Crippen LogP contribution in [0, 0.1) is 5.92 Å². The lowest BCUT2D eigenvalue weighted by molar-refractivity contribution is -0.143. The first kappa shape index (κ1) is 35.5. The molecule has 0 radical (unpaired) electrons. The number of alkyl halides is 3. The van der Waals surface area contributed by atoms with Gasteiger partial charge in [-0.2, -0.15) is 13.2 Å². The Morgan fingerprint density at radius 3 is 2.30 bits per heavy atom. The van der Waals surface area contributed by atoms with Gasteiger partial charge in [0.2, 0.25) is 11.8 Å². The van der Waals surface area contributed by atoms with Gasteiger partial charge in [-0.15, -0.1) is 11.3 Å². The summed E-state index contributed by atoms with van der Waals surface area (Å²) in [5.74, 6) is -1.22. The van der Waals surface area contributed by atoms with Crippen LogP contribution in [0.1, 0.15) is 61.6 Å². The van der Waals surface area contributed by atoms with E-state index in [4.69, 9.17) is 5.73 Å². The number of likely N-dealkylation sites (tertiary alicyclic amines) is 1. The second kappa shape index (κ2) is 14.3. The first-order chi connectivity index (χ1) is 23.9. The molecule has 6 heterocycles. The van der Waals surface area contributed by atoms with Crippen LogP contribution in [-0.4, -0.2) is 113 Å². The van der Waals surface area contributed by atoms with Crippen molar-refractivity contribution in [1.29, 1.82) is 0 Å². The van der Waals surface area contributed by atoms with Crippen LogP contribution >= 0.6 is 27.3 Å². The highest BCUT2D eigenvalue weighted by Gasteiger charge is 2.42. The SMILES string of the molecule is CN1C2CCC1CC(N1CCN(C(=O)[C@H](CC(=O)N3CCC(N4Cc5cscc5NC4=O)CC3)Cc3cc(Br)c(N)c(C(F)(F)F)c3)CC1)C2. The van der Waals surface area contributed by atoms with Crippen LogP contribution < -0.4 is 11.1 Å². The highest BCUT2D eigenvalue weighted by atomic mass is 79.9. The summed E-state index contributed by atoms with van der Waals surface area (Å²) in [6.07, 6.45) is 1.19. The van der Waals surface area contributed by atoms with Gasteiger partial charge in [-0.3, -0.25) is 14.5 Å². The van der Waals surface area contributed by atoms with Crippen LogP contribution in [0.5, 0.6) is 0 Å². The quantitative estimate of drug-likeness (QED) is 0.362. The van der Waals surface area contributed by atoms with E-state index in [0.29, 0.717) is 69.3 Å². The van der Waals surface area contributed by atoms with Crippen LogP contribution in [0.4, 0.5) is 29.3 Å². The molecule has 5 aliphatic heterocycles. The third-order valence-corrected chi connectivity index (χ3v) is 13.3. The van der Waals surface area contributed by atoms with Gasteiger partial charge in [0.1, 0.15) is 0 Å². The summed E-state index contributed by atoms with van der Waals surface area (Å²) in [5.41, 5.74) is 6.65. The lowest BCUT2D eigenvalue weighted by Gasteiger charge is -2.45. The first-order valence-corrected chi connectivity index (χ1v) is 19.4. The largest absolute Gasteiger partial charge is 0.418 e. The molecule has 50 heavy (non-hydrogen) atoms. The van der Waals surface area contributed by atoms with Crippen molar-refractivity contribution in [2.75, 3.05) is 57.4 Å². The molecule has 272 valence electrons. The Kier molecular flexibility index (Phi) is 10.1. The number of carbonyl (C=O) groups is 3. The molecule has 0 spiro atoms. The van der Waals surface area contributed by atoms with Crippen LogP contribution in [-0.2, 0) is 28.7 Å². The number of carbonyl (C=O) groups excluding carboxylic acids is 3. The second-order valence-electron chi connectivity index (χ2n) is 14.7. The zero-order valence-electron chi connectivity index (χ0n) is 28.3. The number of rotatable bonds is 7. The van der Waals surface area contributed by atoms with Gasteiger partial charge in [0.15, 0.2) is 0 Å². The Hall–Kier alpha value is -2.88. The third kappa shape index (κ3) is 7.24. The zero-order chi connectivity index (χ0) is 35.3. The molecule has 4 amide bonds. The van der Waals surface area contributed by atoms with E-state index in [-0.39, 0.29) is 41.2 Å². The fourth-order valence-electron chi connectivity index (χ4n) is 8.86. The predicted octanol–water partition coefficient (Wildman–Crippen LogP) is 5.47. The van der Waals surface area contributed by atoms with Crippen molar-refractivity contribution < 1.29 is 27.6 Å². The molecule has 1 aromatic heterocycles. The first-order valence-electron chi connectivity index (χ1n) is 17.7. The van der Waals surface area contributed by atoms with Gasteiger partial charge in [0.25, 0.3) is 0 Å². The Balaban J connectivity index is 1.02. The molecule has 1 aromatic carbocycles. The number of nitrogens with one attached hydrogen (secondary N) is 1. The maximum atomic E-state index is 14.2. The van der Waals surface area contributed by atoms with Gasteiger partial charge in [0.05, 0.1) is 29.4 Å². The van der Waals surface area contributed by atoms with Gasteiger partial charge < -0.3 is 30.7 Å². The summed E-state index contributed by atoms with van der Waals surface area (Å²) in [6.45, 7) is 3.95. The summed E-state index contributed by atoms with van der Waals surface area (Å²) in [4.78, 5) is 51.2. The molecule has 7 rings (SSSR count). The number of thiophene rings is 1. The molecule has 3 N–H and O–H groups in total. The van der Waals surface area contributed by atoms with Crippen LogP contribution in [0.2, 0.25) is 0 Å². The molecule has 5 aliphatic rings. The number of amides is 4. The maximum absolute atomic E-state index is 14.2. The highest BCUT2D eigenvalue weighted by molar-refractivity contribution is 9.10. The minimum atomic E-state index is -4.66. The number of halogens is 4.